The fourth-order valence-corrected chi connectivity index (χ4v) is 4.79. The van der Waals surface area contributed by atoms with Crippen LogP contribution in [0.4, 0.5) is 0 Å². The van der Waals surface area contributed by atoms with E-state index in [1.54, 1.807) is 24.0 Å². The predicted molar refractivity (Wildman–Crippen MR) is 101 cm³/mol. The van der Waals surface area contributed by atoms with Gasteiger partial charge in [-0.15, -0.1) is 5.10 Å². The third kappa shape index (κ3) is 4.63. The van der Waals surface area contributed by atoms with E-state index in [0.717, 1.165) is 24.4 Å². The number of hydrogen-bond acceptors (Lipinski definition) is 7. The van der Waals surface area contributed by atoms with Crippen molar-refractivity contribution in [1.82, 2.24) is 19.2 Å². The highest BCUT2D eigenvalue weighted by Gasteiger charge is 2.28. The third-order valence-corrected chi connectivity index (χ3v) is 6.84. The topological polar surface area (TPSA) is 101 Å². The second-order valence-corrected chi connectivity index (χ2v) is 9.00. The monoisotopic (exact) mass is 410 g/mol. The number of nitrogens with one attached hydrogen (secondary N) is 1. The van der Waals surface area contributed by atoms with Crippen LogP contribution in [-0.4, -0.2) is 55.6 Å². The standard InChI is InChI=1S/C17H22N4O4S2/c1-12-16(26-20-19-12)17(22)21-9-3-4-13(11-21)10-18-27(23,24)15-7-5-14(25-2)6-8-15/h5-8,13,18H,3-4,9-11H2,1-2H3/t13-/m0/s1. The maximum absolute atomic E-state index is 12.6. The lowest BCUT2D eigenvalue weighted by atomic mass is 9.98. The quantitative estimate of drug-likeness (QED) is 0.778. The lowest BCUT2D eigenvalue weighted by molar-refractivity contribution is 0.0680. The summed E-state index contributed by atoms with van der Waals surface area (Å²) in [6.07, 6.45) is 1.71. The molecule has 1 fully saturated rings. The number of carbonyl (C=O) groups excluding carboxylic acids is 1. The molecule has 2 aromatic rings. The average Bonchev–Trinajstić information content (AvgIpc) is 3.12. The number of likely N-dealkylation sites (tertiary alicyclic amines) is 1. The van der Waals surface area contributed by atoms with Crippen molar-refractivity contribution in [2.45, 2.75) is 24.7 Å². The molecule has 10 heteroatoms. The molecule has 1 aromatic heterocycles. The second kappa shape index (κ2) is 8.32. The van der Waals surface area contributed by atoms with Crippen molar-refractivity contribution in [3.05, 3.63) is 34.8 Å². The van der Waals surface area contributed by atoms with Crippen molar-refractivity contribution in [3.8, 4) is 5.75 Å². The highest BCUT2D eigenvalue weighted by molar-refractivity contribution is 7.89. The van der Waals surface area contributed by atoms with Gasteiger partial charge in [-0.05, 0) is 61.5 Å². The lowest BCUT2D eigenvalue weighted by Crippen LogP contribution is -2.43. The Hall–Kier alpha value is -2.04. The SMILES string of the molecule is COc1ccc(S(=O)(=O)NC[C@@H]2CCCN(C(=O)c3snnc3C)C2)cc1. The van der Waals surface area contributed by atoms with Gasteiger partial charge in [0.05, 0.1) is 17.7 Å². The molecule has 146 valence electrons. The van der Waals surface area contributed by atoms with Crippen LogP contribution in [0.1, 0.15) is 28.2 Å². The van der Waals surface area contributed by atoms with E-state index >= 15 is 0 Å². The summed E-state index contributed by atoms with van der Waals surface area (Å²) >= 11 is 1.10. The Labute approximate surface area is 162 Å². The molecular weight excluding hydrogens is 388 g/mol. The van der Waals surface area contributed by atoms with Gasteiger partial charge in [0, 0.05) is 19.6 Å². The Morgan fingerprint density at radius 2 is 2.11 bits per heavy atom. The summed E-state index contributed by atoms with van der Waals surface area (Å²) in [6.45, 7) is 3.23. The number of hydrogen-bond donors (Lipinski definition) is 1. The molecule has 2 heterocycles. The maximum atomic E-state index is 12.6. The summed E-state index contributed by atoms with van der Waals surface area (Å²) in [4.78, 5) is 15.1. The molecule has 3 rings (SSSR count). The molecule has 27 heavy (non-hydrogen) atoms. The summed E-state index contributed by atoms with van der Waals surface area (Å²) in [6, 6.07) is 6.25. The molecule has 0 saturated carbocycles. The minimum atomic E-state index is -3.60. The van der Waals surface area contributed by atoms with E-state index < -0.39 is 10.0 Å². The molecule has 0 radical (unpaired) electrons. The number of ether oxygens (including phenoxy) is 1. The fourth-order valence-electron chi connectivity index (χ4n) is 3.05. The highest BCUT2D eigenvalue weighted by atomic mass is 32.2. The summed E-state index contributed by atoms with van der Waals surface area (Å²) in [7, 11) is -2.07. The van der Waals surface area contributed by atoms with Crippen LogP contribution < -0.4 is 9.46 Å². The van der Waals surface area contributed by atoms with Crippen molar-refractivity contribution < 1.29 is 17.9 Å². The maximum Gasteiger partial charge on any atom is 0.267 e. The smallest absolute Gasteiger partial charge is 0.267 e. The van der Waals surface area contributed by atoms with Gasteiger partial charge in [0.2, 0.25) is 10.0 Å². The van der Waals surface area contributed by atoms with Crippen LogP contribution in [0.5, 0.6) is 5.75 Å². The fraction of sp³-hybridized carbons (Fsp3) is 0.471. The zero-order valence-corrected chi connectivity index (χ0v) is 16.8. The Morgan fingerprint density at radius 3 is 2.74 bits per heavy atom. The van der Waals surface area contributed by atoms with Crippen LogP contribution in [0.25, 0.3) is 0 Å². The summed E-state index contributed by atoms with van der Waals surface area (Å²) in [5.74, 6) is 0.588. The summed E-state index contributed by atoms with van der Waals surface area (Å²) < 4.78 is 36.5. The number of sulfonamides is 1. The van der Waals surface area contributed by atoms with Crippen molar-refractivity contribution in [1.29, 1.82) is 0 Å². The molecule has 0 spiro atoms. The van der Waals surface area contributed by atoms with Crippen molar-refractivity contribution in [2.24, 2.45) is 5.92 Å². The van der Waals surface area contributed by atoms with E-state index in [2.05, 4.69) is 14.3 Å². The number of piperidine rings is 1. The zero-order valence-electron chi connectivity index (χ0n) is 15.2. The Morgan fingerprint density at radius 1 is 1.37 bits per heavy atom. The number of aromatic nitrogens is 2. The molecule has 1 amide bonds. The first kappa shape index (κ1) is 19.7. The number of nitrogens with zero attached hydrogens (tertiary/aromatic N) is 3. The second-order valence-electron chi connectivity index (χ2n) is 6.47. The van der Waals surface area contributed by atoms with E-state index in [9.17, 15) is 13.2 Å². The minimum absolute atomic E-state index is 0.0666. The van der Waals surface area contributed by atoms with Crippen LogP contribution in [0, 0.1) is 12.8 Å². The number of methoxy groups -OCH3 is 1. The molecule has 0 unspecified atom stereocenters. The number of benzene rings is 1. The molecular formula is C17H22N4O4S2. The molecule has 1 aliphatic heterocycles. The van der Waals surface area contributed by atoms with Crippen LogP contribution in [0.3, 0.4) is 0 Å². The van der Waals surface area contributed by atoms with Crippen molar-refractivity contribution in [2.75, 3.05) is 26.7 Å². The van der Waals surface area contributed by atoms with Crippen LogP contribution >= 0.6 is 11.5 Å². The Balaban J connectivity index is 1.60. The molecule has 0 aliphatic carbocycles. The van der Waals surface area contributed by atoms with Crippen LogP contribution in [0.2, 0.25) is 0 Å². The van der Waals surface area contributed by atoms with Gasteiger partial charge >= 0.3 is 0 Å². The highest BCUT2D eigenvalue weighted by Crippen LogP contribution is 2.21. The van der Waals surface area contributed by atoms with E-state index in [1.807, 2.05) is 0 Å². The molecule has 1 aromatic carbocycles. The first-order valence-corrected chi connectivity index (χ1v) is 10.9. The normalized spacial score (nSPS) is 17.7. The summed E-state index contributed by atoms with van der Waals surface area (Å²) in [5, 5.41) is 3.89. The van der Waals surface area contributed by atoms with E-state index in [-0.39, 0.29) is 23.3 Å². The van der Waals surface area contributed by atoms with Gasteiger partial charge in [0.25, 0.3) is 5.91 Å². The third-order valence-electron chi connectivity index (χ3n) is 4.58. The average molecular weight is 411 g/mol. The van der Waals surface area contributed by atoms with E-state index in [0.29, 0.717) is 29.4 Å². The van der Waals surface area contributed by atoms with Gasteiger partial charge in [-0.3, -0.25) is 4.79 Å². The number of rotatable bonds is 6. The van der Waals surface area contributed by atoms with Crippen molar-refractivity contribution in [3.63, 3.8) is 0 Å². The number of amides is 1. The first-order chi connectivity index (χ1) is 12.9. The van der Waals surface area contributed by atoms with Gasteiger partial charge in [-0.2, -0.15) is 0 Å². The van der Waals surface area contributed by atoms with Gasteiger partial charge in [0.1, 0.15) is 10.6 Å². The number of carbonyl (C=O) groups is 1. The van der Waals surface area contributed by atoms with E-state index in [1.165, 1.54) is 19.2 Å². The minimum Gasteiger partial charge on any atom is -0.497 e. The lowest BCUT2D eigenvalue weighted by Gasteiger charge is -2.32. The molecule has 1 aliphatic rings. The largest absolute Gasteiger partial charge is 0.497 e. The van der Waals surface area contributed by atoms with Crippen LogP contribution in [0.15, 0.2) is 29.2 Å². The first-order valence-electron chi connectivity index (χ1n) is 8.62. The Kier molecular flexibility index (Phi) is 6.08. The van der Waals surface area contributed by atoms with Gasteiger partial charge in [-0.1, -0.05) is 4.49 Å². The van der Waals surface area contributed by atoms with E-state index in [4.69, 9.17) is 4.74 Å². The van der Waals surface area contributed by atoms with Crippen molar-refractivity contribution >= 4 is 27.5 Å². The summed E-state index contributed by atoms with van der Waals surface area (Å²) in [5.41, 5.74) is 0.632. The Bertz CT molecular complexity index is 896. The zero-order chi connectivity index (χ0) is 19.4. The predicted octanol–water partition coefficient (Wildman–Crippen LogP) is 1.69. The van der Waals surface area contributed by atoms with Gasteiger partial charge < -0.3 is 9.64 Å². The molecule has 1 N–H and O–H groups in total. The molecule has 0 bridgehead atoms. The van der Waals surface area contributed by atoms with Crippen LogP contribution in [-0.2, 0) is 10.0 Å². The molecule has 8 nitrogen and oxygen atoms in total. The molecule has 1 atom stereocenters. The number of aryl methyl sites for hydroxylation is 1. The van der Waals surface area contributed by atoms with Gasteiger partial charge in [0.15, 0.2) is 0 Å². The van der Waals surface area contributed by atoms with Gasteiger partial charge in [-0.25, -0.2) is 13.1 Å². The molecule has 1 saturated heterocycles.